The second kappa shape index (κ2) is 5.53. The first-order valence-electron chi connectivity index (χ1n) is 5.61. The highest BCUT2D eigenvalue weighted by Crippen LogP contribution is 2.11. The molecule has 0 fully saturated rings. The molecule has 0 atom stereocenters. The summed E-state index contributed by atoms with van der Waals surface area (Å²) in [4.78, 5) is 13.4. The second-order valence-electron chi connectivity index (χ2n) is 3.99. The molecule has 0 aliphatic carbocycles. The molecular formula is C13H14FNO3. The summed E-state index contributed by atoms with van der Waals surface area (Å²) >= 11 is 0. The summed E-state index contributed by atoms with van der Waals surface area (Å²) in [6.45, 7) is 1.22. The first-order chi connectivity index (χ1) is 8.66. The highest BCUT2D eigenvalue weighted by Gasteiger charge is 2.19. The minimum Gasteiger partial charge on any atom is -0.494 e. The first kappa shape index (κ1) is 12.4. The maximum absolute atomic E-state index is 12.7. The van der Waals surface area contributed by atoms with Crippen molar-refractivity contribution in [1.29, 1.82) is 0 Å². The number of likely N-dealkylation sites (N-methyl/N-ethyl adjacent to an activating group) is 1. The van der Waals surface area contributed by atoms with Crippen LogP contribution in [0.15, 0.2) is 36.3 Å². The molecule has 0 aromatic heterocycles. The second-order valence-corrected chi connectivity index (χ2v) is 3.99. The van der Waals surface area contributed by atoms with Gasteiger partial charge in [-0.3, -0.25) is 4.79 Å². The van der Waals surface area contributed by atoms with Gasteiger partial charge in [0, 0.05) is 13.6 Å². The Morgan fingerprint density at radius 1 is 1.33 bits per heavy atom. The van der Waals surface area contributed by atoms with Crippen molar-refractivity contribution in [1.82, 2.24) is 4.90 Å². The van der Waals surface area contributed by atoms with Gasteiger partial charge < -0.3 is 14.4 Å². The fourth-order valence-electron chi connectivity index (χ4n) is 1.60. The smallest absolute Gasteiger partial charge is 0.292 e. The van der Waals surface area contributed by atoms with Crippen molar-refractivity contribution in [2.45, 2.75) is 6.54 Å². The molecule has 1 amide bonds. The Kier molecular flexibility index (Phi) is 3.82. The summed E-state index contributed by atoms with van der Waals surface area (Å²) in [6.07, 6.45) is 1.33. The van der Waals surface area contributed by atoms with Gasteiger partial charge in [-0.2, -0.15) is 0 Å². The molecule has 0 saturated carbocycles. The molecule has 0 N–H and O–H groups in total. The molecule has 1 aromatic carbocycles. The standard InChI is InChI=1S/C13H14FNO3/c1-15(8-10-2-4-11(14)5-3-10)13(16)12-9-17-6-7-18-12/h2-5,9H,6-8H2,1H3. The van der Waals surface area contributed by atoms with E-state index in [1.165, 1.54) is 23.3 Å². The minimum atomic E-state index is -0.292. The Balaban J connectivity index is 1.98. The van der Waals surface area contributed by atoms with E-state index in [1.54, 1.807) is 19.2 Å². The normalized spacial score (nSPS) is 14.2. The lowest BCUT2D eigenvalue weighted by Crippen LogP contribution is -2.30. The topological polar surface area (TPSA) is 38.8 Å². The number of amides is 1. The van der Waals surface area contributed by atoms with Gasteiger partial charge in [-0.25, -0.2) is 4.39 Å². The lowest BCUT2D eigenvalue weighted by molar-refractivity contribution is -0.131. The molecular weight excluding hydrogens is 237 g/mol. The molecule has 0 saturated heterocycles. The number of hydrogen-bond acceptors (Lipinski definition) is 3. The van der Waals surface area contributed by atoms with Gasteiger partial charge in [0.05, 0.1) is 0 Å². The van der Waals surface area contributed by atoms with E-state index in [1.807, 2.05) is 0 Å². The molecule has 1 aliphatic rings. The summed E-state index contributed by atoms with van der Waals surface area (Å²) in [5.74, 6) is -0.343. The Morgan fingerprint density at radius 3 is 2.67 bits per heavy atom. The molecule has 1 aliphatic heterocycles. The fourth-order valence-corrected chi connectivity index (χ4v) is 1.60. The average molecular weight is 251 g/mol. The molecule has 1 heterocycles. The van der Waals surface area contributed by atoms with E-state index in [-0.39, 0.29) is 17.5 Å². The van der Waals surface area contributed by atoms with E-state index in [2.05, 4.69) is 0 Å². The van der Waals surface area contributed by atoms with E-state index in [0.29, 0.717) is 19.8 Å². The summed E-state index contributed by atoms with van der Waals surface area (Å²) in [7, 11) is 1.66. The molecule has 0 bridgehead atoms. The third-order valence-corrected chi connectivity index (χ3v) is 2.54. The number of rotatable bonds is 3. The monoisotopic (exact) mass is 251 g/mol. The lowest BCUT2D eigenvalue weighted by atomic mass is 10.2. The van der Waals surface area contributed by atoms with Crippen LogP contribution in [0, 0.1) is 5.82 Å². The Hall–Kier alpha value is -2.04. The predicted octanol–water partition coefficient (Wildman–Crippen LogP) is 1.67. The molecule has 5 heteroatoms. The van der Waals surface area contributed by atoms with Crippen molar-refractivity contribution < 1.29 is 18.7 Å². The molecule has 0 radical (unpaired) electrons. The first-order valence-corrected chi connectivity index (χ1v) is 5.61. The number of carbonyl (C=O) groups is 1. The zero-order valence-corrected chi connectivity index (χ0v) is 10.1. The Labute approximate surface area is 105 Å². The van der Waals surface area contributed by atoms with E-state index >= 15 is 0 Å². The maximum Gasteiger partial charge on any atom is 0.292 e. The van der Waals surface area contributed by atoms with Crippen LogP contribution in [0.2, 0.25) is 0 Å². The number of carbonyl (C=O) groups excluding carboxylic acids is 1. The van der Waals surface area contributed by atoms with Gasteiger partial charge in [-0.05, 0) is 17.7 Å². The highest BCUT2D eigenvalue weighted by molar-refractivity contribution is 5.91. The lowest BCUT2D eigenvalue weighted by Gasteiger charge is -2.21. The third kappa shape index (κ3) is 3.00. The van der Waals surface area contributed by atoms with Gasteiger partial charge in [0.1, 0.15) is 25.3 Å². The number of nitrogens with zero attached hydrogens (tertiary/aromatic N) is 1. The summed E-state index contributed by atoms with van der Waals surface area (Å²) in [6, 6.07) is 6.03. The van der Waals surface area contributed by atoms with Crippen molar-refractivity contribution >= 4 is 5.91 Å². The predicted molar refractivity (Wildman–Crippen MR) is 62.9 cm³/mol. The molecule has 0 spiro atoms. The quantitative estimate of drug-likeness (QED) is 0.820. The van der Waals surface area contributed by atoms with Crippen molar-refractivity contribution in [3.8, 4) is 0 Å². The van der Waals surface area contributed by atoms with Crippen LogP contribution in [0.5, 0.6) is 0 Å². The van der Waals surface area contributed by atoms with Crippen molar-refractivity contribution in [2.24, 2.45) is 0 Å². The third-order valence-electron chi connectivity index (χ3n) is 2.54. The summed E-state index contributed by atoms with van der Waals surface area (Å²) in [5.41, 5.74) is 0.851. The number of halogens is 1. The van der Waals surface area contributed by atoms with Crippen LogP contribution < -0.4 is 0 Å². The Bertz CT molecular complexity index is 456. The maximum atomic E-state index is 12.7. The molecule has 4 nitrogen and oxygen atoms in total. The largest absolute Gasteiger partial charge is 0.494 e. The van der Waals surface area contributed by atoms with Crippen molar-refractivity contribution in [3.05, 3.63) is 47.7 Å². The van der Waals surface area contributed by atoms with Gasteiger partial charge in [0.2, 0.25) is 5.76 Å². The summed E-state index contributed by atoms with van der Waals surface area (Å²) in [5, 5.41) is 0. The minimum absolute atomic E-state index is 0.200. The number of hydrogen-bond donors (Lipinski definition) is 0. The van der Waals surface area contributed by atoms with E-state index in [4.69, 9.17) is 9.47 Å². The van der Waals surface area contributed by atoms with Crippen LogP contribution in [-0.2, 0) is 20.8 Å². The zero-order chi connectivity index (χ0) is 13.0. The van der Waals surface area contributed by atoms with Crippen molar-refractivity contribution in [3.63, 3.8) is 0 Å². The molecule has 2 rings (SSSR count). The Morgan fingerprint density at radius 2 is 2.06 bits per heavy atom. The highest BCUT2D eigenvalue weighted by atomic mass is 19.1. The zero-order valence-electron chi connectivity index (χ0n) is 10.1. The van der Waals surface area contributed by atoms with Gasteiger partial charge in [-0.15, -0.1) is 0 Å². The molecule has 0 unspecified atom stereocenters. The molecule has 96 valence electrons. The fraction of sp³-hybridized carbons (Fsp3) is 0.308. The van der Waals surface area contributed by atoms with E-state index < -0.39 is 0 Å². The molecule has 18 heavy (non-hydrogen) atoms. The van der Waals surface area contributed by atoms with E-state index in [9.17, 15) is 9.18 Å². The number of benzene rings is 1. The van der Waals surface area contributed by atoms with Crippen LogP contribution in [0.4, 0.5) is 4.39 Å². The number of ether oxygens (including phenoxy) is 2. The van der Waals surface area contributed by atoms with Crippen LogP contribution >= 0.6 is 0 Å². The van der Waals surface area contributed by atoms with Crippen LogP contribution in [0.25, 0.3) is 0 Å². The van der Waals surface area contributed by atoms with E-state index in [0.717, 1.165) is 5.56 Å². The van der Waals surface area contributed by atoms with Crippen molar-refractivity contribution in [2.75, 3.05) is 20.3 Å². The van der Waals surface area contributed by atoms with Crippen LogP contribution in [-0.4, -0.2) is 31.1 Å². The SMILES string of the molecule is CN(Cc1ccc(F)cc1)C(=O)C1=COCCO1. The summed E-state index contributed by atoms with van der Waals surface area (Å²) < 4.78 is 23.0. The molecule has 1 aromatic rings. The van der Waals surface area contributed by atoms with Gasteiger partial charge in [-0.1, -0.05) is 12.1 Å². The van der Waals surface area contributed by atoms with Crippen LogP contribution in [0.1, 0.15) is 5.56 Å². The van der Waals surface area contributed by atoms with Crippen LogP contribution in [0.3, 0.4) is 0 Å². The average Bonchev–Trinajstić information content (AvgIpc) is 2.41. The van der Waals surface area contributed by atoms with Gasteiger partial charge >= 0.3 is 0 Å². The van der Waals surface area contributed by atoms with Gasteiger partial charge in [0.25, 0.3) is 5.91 Å². The van der Waals surface area contributed by atoms with Gasteiger partial charge in [0.15, 0.2) is 0 Å².